The van der Waals surface area contributed by atoms with E-state index < -0.39 is 0 Å². The number of thiocarbonyl (C=S) groups is 1. The normalized spacial score (nSPS) is 10.2. The van der Waals surface area contributed by atoms with Crippen LogP contribution in [0.4, 0.5) is 5.69 Å². The van der Waals surface area contributed by atoms with E-state index in [9.17, 15) is 0 Å². The fraction of sp³-hybridized carbons (Fsp3) is 0.200. The minimum Gasteiger partial charge on any atom is -0.388 e. The molecule has 0 saturated carbocycles. The highest BCUT2D eigenvalue weighted by Gasteiger charge is 2.05. The Balaban J connectivity index is 2.14. The Bertz CT molecular complexity index is 578. The van der Waals surface area contributed by atoms with Crippen LogP contribution in [0.15, 0.2) is 42.6 Å². The van der Waals surface area contributed by atoms with Crippen LogP contribution in [0.2, 0.25) is 0 Å². The summed E-state index contributed by atoms with van der Waals surface area (Å²) in [6, 6.07) is 12.2. The molecule has 1 aromatic heterocycles. The Hall–Kier alpha value is -1.94. The Labute approximate surface area is 119 Å². The van der Waals surface area contributed by atoms with Crippen LogP contribution in [-0.4, -0.2) is 17.0 Å². The van der Waals surface area contributed by atoms with Gasteiger partial charge in [-0.25, -0.2) is 0 Å². The molecule has 2 N–H and O–H groups in total. The zero-order valence-corrected chi connectivity index (χ0v) is 11.9. The van der Waals surface area contributed by atoms with E-state index in [4.69, 9.17) is 18.0 Å². The molecule has 0 unspecified atom stereocenters. The van der Waals surface area contributed by atoms with Crippen molar-refractivity contribution >= 4 is 22.9 Å². The molecule has 2 aromatic rings. The number of hydrogen-bond donors (Lipinski definition) is 1. The van der Waals surface area contributed by atoms with Crippen LogP contribution < -0.4 is 10.6 Å². The van der Waals surface area contributed by atoms with Gasteiger partial charge < -0.3 is 10.6 Å². The van der Waals surface area contributed by atoms with Gasteiger partial charge in [0.15, 0.2) is 0 Å². The number of nitrogens with zero attached hydrogens (tertiary/aromatic N) is 2. The van der Waals surface area contributed by atoms with Gasteiger partial charge in [-0.1, -0.05) is 36.5 Å². The number of aromatic nitrogens is 1. The molecule has 0 spiro atoms. The Morgan fingerprint density at radius 3 is 2.58 bits per heavy atom. The summed E-state index contributed by atoms with van der Waals surface area (Å²) in [5.74, 6) is 0. The molecule has 0 saturated heterocycles. The highest BCUT2D eigenvalue weighted by atomic mass is 32.1. The van der Waals surface area contributed by atoms with Gasteiger partial charge in [-0.3, -0.25) is 4.98 Å². The molecule has 3 nitrogen and oxygen atoms in total. The summed E-state index contributed by atoms with van der Waals surface area (Å²) in [5, 5.41) is 0. The van der Waals surface area contributed by atoms with Crippen LogP contribution in [0.1, 0.15) is 16.8 Å². The topological polar surface area (TPSA) is 42.1 Å². The summed E-state index contributed by atoms with van der Waals surface area (Å²) in [7, 11) is 2.05. The quantitative estimate of drug-likeness (QED) is 0.868. The highest BCUT2D eigenvalue weighted by Crippen LogP contribution is 2.16. The van der Waals surface area contributed by atoms with E-state index >= 15 is 0 Å². The van der Waals surface area contributed by atoms with Gasteiger partial charge in [-0.2, -0.15) is 0 Å². The molecule has 19 heavy (non-hydrogen) atoms. The van der Waals surface area contributed by atoms with E-state index in [1.807, 2.05) is 19.2 Å². The van der Waals surface area contributed by atoms with Gasteiger partial charge in [0.25, 0.3) is 0 Å². The van der Waals surface area contributed by atoms with Gasteiger partial charge in [0, 0.05) is 13.6 Å². The monoisotopic (exact) mass is 271 g/mol. The standard InChI is InChI=1S/C15H17N3S/c1-11-5-3-4-6-12(11)10-18(2)13-7-8-14(15(16)19)17-9-13/h3-9H,10H2,1-2H3,(H2,16,19). The second kappa shape index (κ2) is 5.80. The number of hydrogen-bond acceptors (Lipinski definition) is 3. The highest BCUT2D eigenvalue weighted by molar-refractivity contribution is 7.80. The van der Waals surface area contributed by atoms with Crippen molar-refractivity contribution in [1.82, 2.24) is 4.98 Å². The number of nitrogens with two attached hydrogens (primary N) is 1. The molecule has 0 aliphatic carbocycles. The first-order valence-corrected chi connectivity index (χ1v) is 6.50. The fourth-order valence-corrected chi connectivity index (χ4v) is 2.01. The SMILES string of the molecule is Cc1ccccc1CN(C)c1ccc(C(N)=S)nc1. The molecule has 2 rings (SSSR count). The molecule has 1 heterocycles. The van der Waals surface area contributed by atoms with E-state index in [0.29, 0.717) is 10.7 Å². The molecule has 4 heteroatoms. The first-order valence-electron chi connectivity index (χ1n) is 6.09. The van der Waals surface area contributed by atoms with E-state index in [1.54, 1.807) is 6.20 Å². The molecule has 0 radical (unpaired) electrons. The number of aryl methyl sites for hydroxylation is 1. The molecule has 0 amide bonds. The van der Waals surface area contributed by atoms with E-state index in [-0.39, 0.29) is 0 Å². The maximum atomic E-state index is 5.54. The lowest BCUT2D eigenvalue weighted by Gasteiger charge is -2.20. The second-order valence-electron chi connectivity index (χ2n) is 4.55. The largest absolute Gasteiger partial charge is 0.388 e. The van der Waals surface area contributed by atoms with Gasteiger partial charge in [-0.15, -0.1) is 0 Å². The second-order valence-corrected chi connectivity index (χ2v) is 4.99. The van der Waals surface area contributed by atoms with Gasteiger partial charge >= 0.3 is 0 Å². The molecular formula is C15H17N3S. The van der Waals surface area contributed by atoms with Crippen molar-refractivity contribution in [2.24, 2.45) is 5.73 Å². The molecule has 0 aliphatic heterocycles. The average Bonchev–Trinajstić information content (AvgIpc) is 2.41. The predicted molar refractivity (Wildman–Crippen MR) is 83.4 cm³/mol. The molecule has 0 aliphatic rings. The van der Waals surface area contributed by atoms with Crippen LogP contribution in [-0.2, 0) is 6.54 Å². The third-order valence-electron chi connectivity index (χ3n) is 3.11. The van der Waals surface area contributed by atoms with Gasteiger partial charge in [-0.05, 0) is 30.2 Å². The molecule has 0 atom stereocenters. The summed E-state index contributed by atoms with van der Waals surface area (Å²) in [6.07, 6.45) is 1.80. The van der Waals surface area contributed by atoms with Crippen molar-refractivity contribution in [1.29, 1.82) is 0 Å². The van der Waals surface area contributed by atoms with Crippen LogP contribution in [0.3, 0.4) is 0 Å². The summed E-state index contributed by atoms with van der Waals surface area (Å²) in [4.78, 5) is 6.73. The molecule has 0 bridgehead atoms. The fourth-order valence-electron chi connectivity index (χ4n) is 1.89. The van der Waals surface area contributed by atoms with Crippen LogP contribution >= 0.6 is 12.2 Å². The number of rotatable bonds is 4. The van der Waals surface area contributed by atoms with Crippen LogP contribution in [0.5, 0.6) is 0 Å². The smallest absolute Gasteiger partial charge is 0.122 e. The van der Waals surface area contributed by atoms with E-state index in [2.05, 4.69) is 41.1 Å². The summed E-state index contributed by atoms with van der Waals surface area (Å²) in [5.41, 5.74) is 9.84. The summed E-state index contributed by atoms with van der Waals surface area (Å²) in [6.45, 7) is 2.97. The van der Waals surface area contributed by atoms with Gasteiger partial charge in [0.1, 0.15) is 4.99 Å². The van der Waals surface area contributed by atoms with Crippen molar-refractivity contribution in [2.75, 3.05) is 11.9 Å². The zero-order chi connectivity index (χ0) is 13.8. The first-order chi connectivity index (χ1) is 9.08. The van der Waals surface area contributed by atoms with Crippen LogP contribution in [0, 0.1) is 6.92 Å². The Morgan fingerprint density at radius 2 is 2.00 bits per heavy atom. The lowest BCUT2D eigenvalue weighted by Crippen LogP contribution is -2.18. The van der Waals surface area contributed by atoms with Gasteiger partial charge in [0.05, 0.1) is 17.6 Å². The lowest BCUT2D eigenvalue weighted by molar-refractivity contribution is 0.909. The maximum absolute atomic E-state index is 5.54. The molecule has 98 valence electrons. The third-order valence-corrected chi connectivity index (χ3v) is 3.32. The minimum absolute atomic E-state index is 0.327. The van der Waals surface area contributed by atoms with Crippen molar-refractivity contribution in [3.63, 3.8) is 0 Å². The Morgan fingerprint density at radius 1 is 1.26 bits per heavy atom. The molecule has 0 fully saturated rings. The van der Waals surface area contributed by atoms with E-state index in [1.165, 1.54) is 11.1 Å². The van der Waals surface area contributed by atoms with Crippen LogP contribution in [0.25, 0.3) is 0 Å². The summed E-state index contributed by atoms with van der Waals surface area (Å²) < 4.78 is 0. The number of pyridine rings is 1. The molecule has 1 aromatic carbocycles. The number of anilines is 1. The maximum Gasteiger partial charge on any atom is 0.122 e. The lowest BCUT2D eigenvalue weighted by atomic mass is 10.1. The average molecular weight is 271 g/mol. The van der Waals surface area contributed by atoms with Crippen molar-refractivity contribution in [2.45, 2.75) is 13.5 Å². The predicted octanol–water partition coefficient (Wildman–Crippen LogP) is 2.66. The third kappa shape index (κ3) is 3.29. The minimum atomic E-state index is 0.327. The van der Waals surface area contributed by atoms with Crippen molar-refractivity contribution < 1.29 is 0 Å². The first kappa shape index (κ1) is 13.5. The zero-order valence-electron chi connectivity index (χ0n) is 11.1. The van der Waals surface area contributed by atoms with Crippen molar-refractivity contribution in [3.8, 4) is 0 Å². The molecular weight excluding hydrogens is 254 g/mol. The van der Waals surface area contributed by atoms with Gasteiger partial charge in [0.2, 0.25) is 0 Å². The Kier molecular flexibility index (Phi) is 4.12. The summed E-state index contributed by atoms with van der Waals surface area (Å²) >= 11 is 4.89. The van der Waals surface area contributed by atoms with Crippen molar-refractivity contribution in [3.05, 3.63) is 59.4 Å². The number of benzene rings is 1. The van der Waals surface area contributed by atoms with E-state index in [0.717, 1.165) is 12.2 Å².